The van der Waals surface area contributed by atoms with Gasteiger partial charge in [-0.15, -0.1) is 0 Å². The minimum Gasteiger partial charge on any atom is -0.504 e. The summed E-state index contributed by atoms with van der Waals surface area (Å²) in [5.41, 5.74) is 4.44. The second kappa shape index (κ2) is 7.06. The van der Waals surface area contributed by atoms with Crippen molar-refractivity contribution in [3.8, 4) is 22.6 Å². The van der Waals surface area contributed by atoms with E-state index in [1.165, 1.54) is 5.56 Å². The summed E-state index contributed by atoms with van der Waals surface area (Å²) in [6, 6.07) is 12.2. The first-order valence-electron chi connectivity index (χ1n) is 9.09. The molecule has 2 heterocycles. The molecule has 4 heteroatoms. The molecule has 0 unspecified atom stereocenters. The Bertz CT molecular complexity index is 753. The lowest BCUT2D eigenvalue weighted by Crippen LogP contribution is -2.33. The first kappa shape index (κ1) is 16.4. The zero-order valence-corrected chi connectivity index (χ0v) is 14.7. The van der Waals surface area contributed by atoms with Crippen LogP contribution in [0.2, 0.25) is 0 Å². The number of ether oxygens (including phenoxy) is 2. The van der Waals surface area contributed by atoms with Crippen molar-refractivity contribution >= 4 is 0 Å². The van der Waals surface area contributed by atoms with Crippen LogP contribution >= 0.6 is 0 Å². The highest BCUT2D eigenvalue weighted by Gasteiger charge is 2.24. The number of hydrogen-bond donors (Lipinski definition) is 1. The van der Waals surface area contributed by atoms with Crippen LogP contribution in [0.4, 0.5) is 0 Å². The first-order valence-corrected chi connectivity index (χ1v) is 9.09. The minimum absolute atomic E-state index is 0.231. The maximum atomic E-state index is 10.5. The molecule has 2 aromatic rings. The van der Waals surface area contributed by atoms with Crippen LogP contribution in [0.1, 0.15) is 24.0 Å². The monoisotopic (exact) mass is 339 g/mol. The van der Waals surface area contributed by atoms with E-state index in [-0.39, 0.29) is 5.75 Å². The third-order valence-electron chi connectivity index (χ3n) is 5.14. The van der Waals surface area contributed by atoms with Gasteiger partial charge in [-0.3, -0.25) is 4.90 Å². The van der Waals surface area contributed by atoms with Crippen molar-refractivity contribution in [1.82, 2.24) is 4.90 Å². The number of phenols is 1. The van der Waals surface area contributed by atoms with Crippen molar-refractivity contribution in [3.05, 3.63) is 47.5 Å². The molecule has 1 N–H and O–H groups in total. The van der Waals surface area contributed by atoms with Gasteiger partial charge in [-0.05, 0) is 48.6 Å². The highest BCUT2D eigenvalue weighted by atomic mass is 16.5. The SMILES string of the molecule is Cc1ccccc1-c1cc(O)c2c(c1)CN(C[C@H]1CCCO1)CCO2. The molecule has 4 rings (SSSR count). The lowest BCUT2D eigenvalue weighted by atomic mass is 9.98. The topological polar surface area (TPSA) is 41.9 Å². The van der Waals surface area contributed by atoms with Crippen molar-refractivity contribution in [2.75, 3.05) is 26.3 Å². The Labute approximate surface area is 149 Å². The summed E-state index contributed by atoms with van der Waals surface area (Å²) < 4.78 is 11.6. The van der Waals surface area contributed by atoms with Crippen LogP contribution in [0.25, 0.3) is 11.1 Å². The highest BCUT2D eigenvalue weighted by Crippen LogP contribution is 2.38. The summed E-state index contributed by atoms with van der Waals surface area (Å²) in [6.45, 7) is 6.13. The van der Waals surface area contributed by atoms with Crippen LogP contribution in [-0.4, -0.2) is 42.4 Å². The lowest BCUT2D eigenvalue weighted by Gasteiger charge is -2.23. The second-order valence-electron chi connectivity index (χ2n) is 7.02. The van der Waals surface area contributed by atoms with Crippen LogP contribution in [0, 0.1) is 6.92 Å². The van der Waals surface area contributed by atoms with E-state index in [9.17, 15) is 5.11 Å². The van der Waals surface area contributed by atoms with Crippen molar-refractivity contribution in [2.24, 2.45) is 0 Å². The molecule has 0 bridgehead atoms. The highest BCUT2D eigenvalue weighted by molar-refractivity contribution is 5.71. The number of hydrogen-bond acceptors (Lipinski definition) is 4. The standard InChI is InChI=1S/C21H25NO3/c1-15-5-2-3-7-19(15)16-11-17-13-22(14-18-6-4-9-24-18)8-10-25-21(17)20(23)12-16/h2-3,5,7,11-12,18,23H,4,6,8-10,13-14H2,1H3/t18-/m1/s1. The molecule has 0 amide bonds. The van der Waals surface area contributed by atoms with E-state index in [1.807, 2.05) is 18.2 Å². The maximum absolute atomic E-state index is 10.5. The summed E-state index contributed by atoms with van der Waals surface area (Å²) >= 11 is 0. The van der Waals surface area contributed by atoms with Gasteiger partial charge in [-0.25, -0.2) is 0 Å². The molecule has 1 fully saturated rings. The van der Waals surface area contributed by atoms with E-state index >= 15 is 0 Å². The summed E-state index contributed by atoms with van der Waals surface area (Å²) in [6.07, 6.45) is 2.62. The van der Waals surface area contributed by atoms with E-state index in [1.54, 1.807) is 0 Å². The number of aromatic hydroxyl groups is 1. The fourth-order valence-corrected chi connectivity index (χ4v) is 3.84. The Hall–Kier alpha value is -2.04. The molecule has 4 nitrogen and oxygen atoms in total. The van der Waals surface area contributed by atoms with Gasteiger partial charge in [0.2, 0.25) is 0 Å². The second-order valence-corrected chi connectivity index (χ2v) is 7.02. The molecule has 2 aliphatic rings. The molecule has 0 saturated carbocycles. The fraction of sp³-hybridized carbons (Fsp3) is 0.429. The van der Waals surface area contributed by atoms with Crippen molar-refractivity contribution in [1.29, 1.82) is 0 Å². The number of benzene rings is 2. The number of aryl methyl sites for hydroxylation is 1. The third kappa shape index (κ3) is 3.51. The smallest absolute Gasteiger partial charge is 0.165 e. The number of nitrogens with zero attached hydrogens (tertiary/aromatic N) is 1. The summed E-state index contributed by atoms with van der Waals surface area (Å²) in [7, 11) is 0. The predicted octanol–water partition coefficient (Wildman–Crippen LogP) is 3.74. The molecule has 0 aliphatic carbocycles. The summed E-state index contributed by atoms with van der Waals surface area (Å²) in [5.74, 6) is 0.863. The van der Waals surface area contributed by atoms with Gasteiger partial charge in [-0.2, -0.15) is 0 Å². The van der Waals surface area contributed by atoms with E-state index in [4.69, 9.17) is 9.47 Å². The summed E-state index contributed by atoms with van der Waals surface area (Å²) in [5, 5.41) is 10.5. The Morgan fingerprint density at radius 2 is 2.08 bits per heavy atom. The van der Waals surface area contributed by atoms with Gasteiger partial charge in [0.25, 0.3) is 0 Å². The molecule has 1 atom stereocenters. The van der Waals surface area contributed by atoms with Crippen LogP contribution in [0.5, 0.6) is 11.5 Å². The van der Waals surface area contributed by atoms with Crippen LogP contribution in [-0.2, 0) is 11.3 Å². The van der Waals surface area contributed by atoms with Crippen molar-refractivity contribution in [3.63, 3.8) is 0 Å². The first-order chi connectivity index (χ1) is 12.2. The van der Waals surface area contributed by atoms with Gasteiger partial charge >= 0.3 is 0 Å². The Morgan fingerprint density at radius 3 is 2.88 bits per heavy atom. The molecular weight excluding hydrogens is 314 g/mol. The molecule has 1 saturated heterocycles. The quantitative estimate of drug-likeness (QED) is 0.925. The van der Waals surface area contributed by atoms with Crippen LogP contribution < -0.4 is 4.74 Å². The maximum Gasteiger partial charge on any atom is 0.165 e. The van der Waals surface area contributed by atoms with Gasteiger partial charge < -0.3 is 14.6 Å². The van der Waals surface area contributed by atoms with Gasteiger partial charge in [0.05, 0.1) is 6.10 Å². The van der Waals surface area contributed by atoms with Gasteiger partial charge in [0.1, 0.15) is 6.61 Å². The van der Waals surface area contributed by atoms with Crippen LogP contribution in [0.3, 0.4) is 0 Å². The Kier molecular flexibility index (Phi) is 4.64. The third-order valence-corrected chi connectivity index (χ3v) is 5.14. The van der Waals surface area contributed by atoms with Gasteiger partial charge in [-0.1, -0.05) is 24.3 Å². The molecule has 0 aromatic heterocycles. The molecule has 25 heavy (non-hydrogen) atoms. The number of fused-ring (bicyclic) bond motifs is 1. The van der Waals surface area contributed by atoms with Gasteiger partial charge in [0.15, 0.2) is 11.5 Å². The van der Waals surface area contributed by atoms with E-state index < -0.39 is 0 Å². The lowest BCUT2D eigenvalue weighted by molar-refractivity contribution is 0.0687. The van der Waals surface area contributed by atoms with Crippen molar-refractivity contribution in [2.45, 2.75) is 32.4 Å². The molecule has 132 valence electrons. The van der Waals surface area contributed by atoms with Crippen molar-refractivity contribution < 1.29 is 14.6 Å². The van der Waals surface area contributed by atoms with Gasteiger partial charge in [0, 0.05) is 31.8 Å². The normalized spacial score (nSPS) is 20.8. The van der Waals surface area contributed by atoms with E-state index in [0.29, 0.717) is 18.5 Å². The number of phenolic OH excluding ortho intramolecular Hbond substituents is 1. The Morgan fingerprint density at radius 1 is 1.20 bits per heavy atom. The molecule has 2 aromatic carbocycles. The zero-order chi connectivity index (χ0) is 17.2. The zero-order valence-electron chi connectivity index (χ0n) is 14.7. The minimum atomic E-state index is 0.231. The fourth-order valence-electron chi connectivity index (χ4n) is 3.84. The average molecular weight is 339 g/mol. The van der Waals surface area contributed by atoms with E-state index in [0.717, 1.165) is 55.8 Å². The predicted molar refractivity (Wildman–Crippen MR) is 98.0 cm³/mol. The molecular formula is C21H25NO3. The molecule has 2 aliphatic heterocycles. The molecule has 0 radical (unpaired) electrons. The largest absolute Gasteiger partial charge is 0.504 e. The Balaban J connectivity index is 1.63. The molecule has 0 spiro atoms. The summed E-state index contributed by atoms with van der Waals surface area (Å²) in [4.78, 5) is 2.38. The van der Waals surface area contributed by atoms with Crippen LogP contribution in [0.15, 0.2) is 36.4 Å². The van der Waals surface area contributed by atoms with E-state index in [2.05, 4.69) is 30.0 Å². The average Bonchev–Trinajstić information content (AvgIpc) is 3.01. The number of rotatable bonds is 3.